The van der Waals surface area contributed by atoms with E-state index in [2.05, 4.69) is 17.6 Å². The molecule has 3 atom stereocenters. The lowest BCUT2D eigenvalue weighted by atomic mass is 9.86. The molecule has 54 heavy (non-hydrogen) atoms. The van der Waals surface area contributed by atoms with Crippen LogP contribution in [0.3, 0.4) is 0 Å². The Labute approximate surface area is 313 Å². The van der Waals surface area contributed by atoms with Crippen LogP contribution in [-0.2, 0) is 49.1 Å². The maximum atomic E-state index is 13.6. The Balaban J connectivity index is 1.27. The first-order chi connectivity index (χ1) is 25.7. The fraction of sp³-hybridized carbons (Fsp3) is 0.513. The third-order valence-corrected chi connectivity index (χ3v) is 10.1. The van der Waals surface area contributed by atoms with Gasteiger partial charge in [0.2, 0.25) is 17.7 Å². The van der Waals surface area contributed by atoms with E-state index in [0.29, 0.717) is 29.7 Å². The highest BCUT2D eigenvalue weighted by Gasteiger charge is 2.45. The lowest BCUT2D eigenvalue weighted by molar-refractivity contribution is -0.172. The van der Waals surface area contributed by atoms with Crippen molar-refractivity contribution in [3.63, 3.8) is 0 Å². The Morgan fingerprint density at radius 2 is 1.81 bits per heavy atom. The van der Waals surface area contributed by atoms with Gasteiger partial charge in [0.1, 0.15) is 18.4 Å². The zero-order valence-electron chi connectivity index (χ0n) is 31.6. The number of likely N-dealkylation sites (N-methyl/N-ethyl adjacent to an activating group) is 1. The maximum absolute atomic E-state index is 13.6. The average molecular weight is 747 g/mol. The topological polar surface area (TPSA) is 212 Å². The van der Waals surface area contributed by atoms with E-state index in [1.54, 1.807) is 42.7 Å². The van der Waals surface area contributed by atoms with Crippen molar-refractivity contribution in [2.45, 2.75) is 116 Å². The van der Waals surface area contributed by atoms with Gasteiger partial charge in [-0.25, -0.2) is 14.6 Å². The maximum Gasteiger partial charge on any atom is 0.415 e. The third-order valence-electron chi connectivity index (χ3n) is 10.1. The number of fused-ring (bicyclic) bond motifs is 5. The van der Waals surface area contributed by atoms with Gasteiger partial charge in [0, 0.05) is 42.6 Å². The molecule has 0 bridgehead atoms. The van der Waals surface area contributed by atoms with Crippen molar-refractivity contribution in [1.82, 2.24) is 25.1 Å². The summed E-state index contributed by atoms with van der Waals surface area (Å²) in [7, 11) is 1.52. The molecule has 4 heterocycles. The van der Waals surface area contributed by atoms with E-state index in [-0.39, 0.29) is 67.3 Å². The normalized spacial score (nSPS) is 16.7. The Morgan fingerprint density at radius 1 is 1.07 bits per heavy atom. The Morgan fingerprint density at radius 3 is 2.50 bits per heavy atom. The molecule has 0 unspecified atom stereocenters. The van der Waals surface area contributed by atoms with Crippen molar-refractivity contribution < 1.29 is 38.6 Å². The van der Waals surface area contributed by atoms with Gasteiger partial charge in [0.25, 0.3) is 5.56 Å². The molecule has 5 N–H and O–H groups in total. The largest absolute Gasteiger partial charge is 0.458 e. The van der Waals surface area contributed by atoms with E-state index in [9.17, 15) is 33.9 Å². The Kier molecular flexibility index (Phi) is 12.4. The number of ether oxygens (including phenoxy) is 2. The summed E-state index contributed by atoms with van der Waals surface area (Å²) in [5, 5.41) is 17.3. The number of cyclic esters (lactones) is 1. The molecule has 1 aromatic carbocycles. The van der Waals surface area contributed by atoms with Crippen LogP contribution in [0.1, 0.15) is 101 Å². The van der Waals surface area contributed by atoms with Gasteiger partial charge in [-0.15, -0.1) is 0 Å². The number of nitrogens with zero attached hydrogens (tertiary/aromatic N) is 3. The summed E-state index contributed by atoms with van der Waals surface area (Å²) in [4.78, 5) is 82.7. The van der Waals surface area contributed by atoms with E-state index in [1.807, 2.05) is 6.92 Å². The number of carbonyl (C=O) groups is 5. The fourth-order valence-electron chi connectivity index (χ4n) is 7.23. The minimum Gasteiger partial charge on any atom is -0.458 e. The van der Waals surface area contributed by atoms with Gasteiger partial charge in [-0.3, -0.25) is 19.2 Å². The molecule has 290 valence electrons. The van der Waals surface area contributed by atoms with Gasteiger partial charge in [0.05, 0.1) is 35.4 Å². The van der Waals surface area contributed by atoms with Crippen LogP contribution >= 0.6 is 0 Å². The number of esters is 1. The van der Waals surface area contributed by atoms with Crippen LogP contribution in [0.25, 0.3) is 22.3 Å². The molecule has 0 aliphatic carbocycles. The van der Waals surface area contributed by atoms with Crippen LogP contribution in [-0.4, -0.2) is 75.0 Å². The summed E-state index contributed by atoms with van der Waals surface area (Å²) < 4.78 is 12.5. The van der Waals surface area contributed by atoms with E-state index >= 15 is 0 Å². The molecule has 2 aliphatic rings. The predicted molar refractivity (Wildman–Crippen MR) is 199 cm³/mol. The van der Waals surface area contributed by atoms with Gasteiger partial charge < -0.3 is 40.4 Å². The van der Waals surface area contributed by atoms with Crippen molar-refractivity contribution in [2.24, 2.45) is 5.73 Å². The standard InChI is InChI=1S/C39H50N6O9/c1-6-9-10-11-12-13-33(47)42-30(18-32(40)46)35(48)41-22(4)19-44(5)38(51)54-23-14-15-29-25(16-23)24(7-2)26-20-45-31(34(26)43-29)17-28-27(36(45)49)21-53-37(50)39(28,52)8-3/h14-17,22,30,52H,6-13,18-21H2,1-5H3,(H2,40,46)(H,41,48)(H,42,47)/t22-,30-,39+/m1/s1. The number of primary amides is 1. The second-order valence-electron chi connectivity index (χ2n) is 14.2. The van der Waals surface area contributed by atoms with Gasteiger partial charge in [-0.05, 0) is 56.0 Å². The minimum absolute atomic E-state index is 0.0423. The number of nitrogens with one attached hydrogen (secondary N) is 2. The van der Waals surface area contributed by atoms with Crippen LogP contribution in [0.2, 0.25) is 0 Å². The SMILES string of the molecule is CCCCCCCC(=O)N[C@H](CC(N)=O)C(=O)N[C@H](C)CN(C)C(=O)Oc1ccc2nc3c(c(CC)c2c1)Cn1c-3cc2c(c1=O)COC(=O)[C@]2(O)CC. The van der Waals surface area contributed by atoms with Crippen molar-refractivity contribution in [3.05, 3.63) is 56.9 Å². The number of aryl methyl sites for hydroxylation is 1. The number of benzene rings is 1. The van der Waals surface area contributed by atoms with Gasteiger partial charge >= 0.3 is 12.1 Å². The van der Waals surface area contributed by atoms with Gasteiger partial charge in [-0.2, -0.15) is 0 Å². The molecule has 15 nitrogen and oxygen atoms in total. The average Bonchev–Trinajstić information content (AvgIpc) is 3.50. The summed E-state index contributed by atoms with van der Waals surface area (Å²) in [6.07, 6.45) is 4.59. The minimum atomic E-state index is -1.93. The highest BCUT2D eigenvalue weighted by atomic mass is 16.6. The first kappa shape index (κ1) is 39.9. The van der Waals surface area contributed by atoms with Crippen molar-refractivity contribution in [1.29, 1.82) is 0 Å². The summed E-state index contributed by atoms with van der Waals surface area (Å²) in [6.45, 7) is 7.49. The number of carbonyl (C=O) groups excluding carboxylic acids is 5. The van der Waals surface area contributed by atoms with Gasteiger partial charge in [-0.1, -0.05) is 46.5 Å². The van der Waals surface area contributed by atoms with Crippen molar-refractivity contribution in [3.8, 4) is 17.1 Å². The molecule has 0 spiro atoms. The number of aliphatic hydroxyl groups is 1. The molecule has 4 amide bonds. The Hall–Kier alpha value is -5.31. The smallest absolute Gasteiger partial charge is 0.415 e. The number of hydrogen-bond acceptors (Lipinski definition) is 10. The molecule has 3 aromatic rings. The van der Waals surface area contributed by atoms with E-state index < -0.39 is 41.6 Å². The van der Waals surface area contributed by atoms with E-state index in [1.165, 1.54) is 11.9 Å². The second kappa shape index (κ2) is 16.8. The highest BCUT2D eigenvalue weighted by Crippen LogP contribution is 2.40. The lowest BCUT2D eigenvalue weighted by Crippen LogP contribution is -2.52. The van der Waals surface area contributed by atoms with Gasteiger partial charge in [0.15, 0.2) is 5.60 Å². The number of pyridine rings is 2. The lowest BCUT2D eigenvalue weighted by Gasteiger charge is -2.31. The van der Waals surface area contributed by atoms with Crippen LogP contribution < -0.4 is 26.7 Å². The number of aromatic nitrogens is 2. The quantitative estimate of drug-likeness (QED) is 0.0970. The fourth-order valence-corrected chi connectivity index (χ4v) is 7.23. The first-order valence-electron chi connectivity index (χ1n) is 18.7. The highest BCUT2D eigenvalue weighted by molar-refractivity contribution is 5.92. The monoisotopic (exact) mass is 746 g/mol. The summed E-state index contributed by atoms with van der Waals surface area (Å²) in [5.74, 6) is -2.18. The zero-order chi connectivity index (χ0) is 39.3. The number of rotatable bonds is 16. The third kappa shape index (κ3) is 8.25. The van der Waals surface area contributed by atoms with E-state index in [4.69, 9.17) is 20.2 Å². The molecular formula is C39H50N6O9. The zero-order valence-corrected chi connectivity index (χ0v) is 31.6. The van der Waals surface area contributed by atoms with Crippen LogP contribution in [0.4, 0.5) is 4.79 Å². The summed E-state index contributed by atoms with van der Waals surface area (Å²) in [5.41, 5.74) is 6.98. The molecule has 0 saturated carbocycles. The van der Waals surface area contributed by atoms with Crippen molar-refractivity contribution >= 4 is 40.7 Å². The number of unbranched alkanes of at least 4 members (excludes halogenated alkanes) is 4. The molecule has 0 radical (unpaired) electrons. The first-order valence-corrected chi connectivity index (χ1v) is 18.7. The number of hydrogen-bond donors (Lipinski definition) is 4. The molecule has 2 aliphatic heterocycles. The molecule has 2 aromatic heterocycles. The van der Waals surface area contributed by atoms with Crippen LogP contribution in [0.15, 0.2) is 29.1 Å². The molecule has 0 saturated heterocycles. The summed E-state index contributed by atoms with van der Waals surface area (Å²) >= 11 is 0. The second-order valence-corrected chi connectivity index (χ2v) is 14.2. The molecule has 15 heteroatoms. The summed E-state index contributed by atoms with van der Waals surface area (Å²) in [6, 6.07) is 5.01. The number of nitrogens with two attached hydrogens (primary N) is 1. The molecule has 5 rings (SSSR count). The van der Waals surface area contributed by atoms with Crippen LogP contribution in [0.5, 0.6) is 5.75 Å². The van der Waals surface area contributed by atoms with Crippen molar-refractivity contribution in [2.75, 3.05) is 13.6 Å². The van der Waals surface area contributed by atoms with E-state index in [0.717, 1.165) is 42.2 Å². The van der Waals surface area contributed by atoms with Crippen LogP contribution in [0, 0.1) is 0 Å². The molecular weight excluding hydrogens is 696 g/mol. The molecule has 0 fully saturated rings. The predicted octanol–water partition coefficient (Wildman–Crippen LogP) is 3.30. The number of amides is 4. The Bertz CT molecular complexity index is 2030.